The normalized spacial score (nSPS) is 21.1. The van der Waals surface area contributed by atoms with Gasteiger partial charge in [0, 0.05) is 60.7 Å². The first-order valence-electron chi connectivity index (χ1n) is 11.3. The second kappa shape index (κ2) is 9.53. The van der Waals surface area contributed by atoms with E-state index in [-0.39, 0.29) is 5.92 Å². The summed E-state index contributed by atoms with van der Waals surface area (Å²) in [6.07, 6.45) is -0.493. The number of ether oxygens (including phenoxy) is 3. The molecule has 3 aromatic rings. The Morgan fingerprint density at radius 2 is 1.29 bits per heavy atom. The molecule has 0 N–H and O–H groups in total. The van der Waals surface area contributed by atoms with Gasteiger partial charge in [0.05, 0.1) is 20.3 Å². The second-order valence-electron chi connectivity index (χ2n) is 8.85. The van der Waals surface area contributed by atoms with Crippen molar-refractivity contribution in [2.75, 3.05) is 14.2 Å². The van der Waals surface area contributed by atoms with E-state index < -0.39 is 12.2 Å². The lowest BCUT2D eigenvalue weighted by Crippen LogP contribution is -2.14. The molecule has 1 aliphatic carbocycles. The van der Waals surface area contributed by atoms with Crippen molar-refractivity contribution in [3.8, 4) is 11.5 Å². The van der Waals surface area contributed by atoms with Crippen LogP contribution in [0.3, 0.4) is 0 Å². The first-order chi connectivity index (χ1) is 16.8. The summed E-state index contributed by atoms with van der Waals surface area (Å²) in [4.78, 5) is 0. The van der Waals surface area contributed by atoms with Gasteiger partial charge in [-0.1, -0.05) is 71.0 Å². The molecule has 182 valence electrons. The quantitative estimate of drug-likeness (QED) is 0.324. The average Bonchev–Trinajstić information content (AvgIpc) is 2.97. The third-order valence-corrected chi connectivity index (χ3v) is 8.49. The average molecular weight is 550 g/mol. The first kappa shape index (κ1) is 24.8. The molecule has 0 spiro atoms. The van der Waals surface area contributed by atoms with Gasteiger partial charge in [0.1, 0.15) is 17.6 Å². The first-order valence-corrected chi connectivity index (χ1v) is 12.8. The monoisotopic (exact) mass is 548 g/mol. The summed E-state index contributed by atoms with van der Waals surface area (Å²) in [5, 5.41) is 2.11. The Kier molecular flexibility index (Phi) is 6.76. The van der Waals surface area contributed by atoms with Gasteiger partial charge in [-0.3, -0.25) is 0 Å². The SMILES string of the molecule is COc1cc(OC)c2c3c1[C@H](c1c(Cl)cccc1Cl)O[C@H](c1c(Cl)cccc1Cl)CC3=C(C)[C@@H]2C. The van der Waals surface area contributed by atoms with Crippen LogP contribution in [0, 0.1) is 0 Å². The molecule has 0 unspecified atom stereocenters. The van der Waals surface area contributed by atoms with E-state index >= 15 is 0 Å². The van der Waals surface area contributed by atoms with Crippen LogP contribution >= 0.6 is 46.4 Å². The van der Waals surface area contributed by atoms with Crippen LogP contribution in [0.1, 0.15) is 66.2 Å². The van der Waals surface area contributed by atoms with E-state index in [2.05, 4.69) is 13.8 Å². The maximum atomic E-state index is 6.90. The summed E-state index contributed by atoms with van der Waals surface area (Å²) in [7, 11) is 3.32. The highest BCUT2D eigenvalue weighted by atomic mass is 35.5. The van der Waals surface area contributed by atoms with Crippen LogP contribution in [0.5, 0.6) is 11.5 Å². The van der Waals surface area contributed by atoms with Gasteiger partial charge in [0.2, 0.25) is 0 Å². The van der Waals surface area contributed by atoms with Crippen LogP contribution in [0.2, 0.25) is 20.1 Å². The molecule has 0 radical (unpaired) electrons. The zero-order chi connectivity index (χ0) is 25.0. The van der Waals surface area contributed by atoms with Crippen molar-refractivity contribution in [3.63, 3.8) is 0 Å². The van der Waals surface area contributed by atoms with Crippen LogP contribution in [0.15, 0.2) is 48.0 Å². The van der Waals surface area contributed by atoms with Crippen LogP contribution < -0.4 is 9.47 Å². The van der Waals surface area contributed by atoms with Crippen molar-refractivity contribution in [2.45, 2.75) is 38.4 Å². The molecule has 3 atom stereocenters. The highest BCUT2D eigenvalue weighted by molar-refractivity contribution is 6.36. The summed E-state index contributed by atoms with van der Waals surface area (Å²) >= 11 is 26.9. The second-order valence-corrected chi connectivity index (χ2v) is 10.5. The number of hydrogen-bond donors (Lipinski definition) is 0. The third kappa shape index (κ3) is 3.93. The summed E-state index contributed by atoms with van der Waals surface area (Å²) < 4.78 is 18.6. The van der Waals surface area contributed by atoms with E-state index in [1.54, 1.807) is 14.2 Å². The van der Waals surface area contributed by atoms with Crippen LogP contribution in [0.4, 0.5) is 0 Å². The maximum Gasteiger partial charge on any atom is 0.129 e. The van der Waals surface area contributed by atoms with Gasteiger partial charge in [0.15, 0.2) is 0 Å². The van der Waals surface area contributed by atoms with E-state index in [0.717, 1.165) is 28.0 Å². The molecule has 7 heteroatoms. The number of rotatable bonds is 4. The lowest BCUT2D eigenvalue weighted by molar-refractivity contribution is 0.0119. The van der Waals surface area contributed by atoms with E-state index in [1.165, 1.54) is 11.1 Å². The lowest BCUT2D eigenvalue weighted by atomic mass is 9.88. The largest absolute Gasteiger partial charge is 0.496 e. The Hall–Kier alpha value is -1.88. The highest BCUT2D eigenvalue weighted by Crippen LogP contribution is 2.59. The Balaban J connectivity index is 1.87. The smallest absolute Gasteiger partial charge is 0.129 e. The zero-order valence-corrected chi connectivity index (χ0v) is 22.7. The zero-order valence-electron chi connectivity index (χ0n) is 19.7. The summed E-state index contributed by atoms with van der Waals surface area (Å²) in [6.45, 7) is 4.35. The molecular weight excluding hydrogens is 526 g/mol. The van der Waals surface area contributed by atoms with Gasteiger partial charge in [-0.2, -0.15) is 0 Å². The molecular formula is C28H24Cl4O3. The van der Waals surface area contributed by atoms with Crippen LogP contribution in [0.25, 0.3) is 5.57 Å². The molecule has 35 heavy (non-hydrogen) atoms. The number of hydrogen-bond acceptors (Lipinski definition) is 3. The van der Waals surface area contributed by atoms with Crippen molar-refractivity contribution in [3.05, 3.63) is 95.9 Å². The summed E-state index contributed by atoms with van der Waals surface area (Å²) in [5.74, 6) is 1.58. The van der Waals surface area contributed by atoms with Gasteiger partial charge in [-0.05, 0) is 42.3 Å². The molecule has 3 aromatic carbocycles. The van der Waals surface area contributed by atoms with E-state index in [1.807, 2.05) is 42.5 Å². The molecule has 3 nitrogen and oxygen atoms in total. The van der Waals surface area contributed by atoms with Gasteiger partial charge in [0.25, 0.3) is 0 Å². The number of methoxy groups -OCH3 is 2. The Bertz CT molecular complexity index is 1320. The summed E-state index contributed by atoms with van der Waals surface area (Å²) in [6, 6.07) is 12.9. The number of allylic oxidation sites excluding steroid dienone is 1. The number of halogens is 4. The molecule has 0 bridgehead atoms. The highest BCUT2D eigenvalue weighted by Gasteiger charge is 2.42. The van der Waals surface area contributed by atoms with Gasteiger partial charge >= 0.3 is 0 Å². The molecule has 1 heterocycles. The topological polar surface area (TPSA) is 27.7 Å². The van der Waals surface area contributed by atoms with E-state index in [9.17, 15) is 0 Å². The number of benzene rings is 3. The molecule has 1 aliphatic heterocycles. The van der Waals surface area contributed by atoms with Crippen molar-refractivity contribution >= 4 is 52.0 Å². The minimum atomic E-state index is -0.626. The molecule has 2 aliphatic rings. The fourth-order valence-electron chi connectivity index (χ4n) is 5.38. The predicted octanol–water partition coefficient (Wildman–Crippen LogP) is 9.46. The minimum absolute atomic E-state index is 0.155. The summed E-state index contributed by atoms with van der Waals surface area (Å²) in [5.41, 5.74) is 6.89. The fraction of sp³-hybridized carbons (Fsp3) is 0.286. The lowest BCUT2D eigenvalue weighted by Gasteiger charge is -2.28. The Labute approximate surface area is 225 Å². The third-order valence-electron chi connectivity index (χ3n) is 7.17. The van der Waals surface area contributed by atoms with Crippen LogP contribution in [-0.2, 0) is 4.74 Å². The molecule has 0 fully saturated rings. The Morgan fingerprint density at radius 1 is 0.771 bits per heavy atom. The molecule has 0 amide bonds. The maximum absolute atomic E-state index is 6.90. The predicted molar refractivity (Wildman–Crippen MR) is 144 cm³/mol. The molecule has 0 saturated heterocycles. The molecule has 0 aromatic heterocycles. The molecule has 0 saturated carbocycles. The van der Waals surface area contributed by atoms with Crippen molar-refractivity contribution in [2.24, 2.45) is 0 Å². The minimum Gasteiger partial charge on any atom is -0.496 e. The van der Waals surface area contributed by atoms with Crippen LogP contribution in [-0.4, -0.2) is 14.2 Å². The van der Waals surface area contributed by atoms with E-state index in [4.69, 9.17) is 60.6 Å². The van der Waals surface area contributed by atoms with Gasteiger partial charge in [-0.15, -0.1) is 0 Å². The standard InChI is InChI=1S/C28H24Cl4O3/c1-13-14(2)23-20(33-3)12-21(34-4)27-24(23)15(13)11-22(25-16(29)7-5-8-17(25)30)35-28(27)26-18(31)9-6-10-19(26)32/h5-10,12,14,22,28H,11H2,1-4H3/t14-,22-,28-/m0/s1. The van der Waals surface area contributed by atoms with Gasteiger partial charge < -0.3 is 14.2 Å². The van der Waals surface area contributed by atoms with Gasteiger partial charge in [-0.25, -0.2) is 0 Å². The van der Waals surface area contributed by atoms with E-state index in [0.29, 0.717) is 37.8 Å². The van der Waals surface area contributed by atoms with Crippen molar-refractivity contribution < 1.29 is 14.2 Å². The Morgan fingerprint density at radius 3 is 1.83 bits per heavy atom. The van der Waals surface area contributed by atoms with Crippen molar-refractivity contribution in [1.82, 2.24) is 0 Å². The van der Waals surface area contributed by atoms with Crippen molar-refractivity contribution in [1.29, 1.82) is 0 Å². The molecule has 5 rings (SSSR count). The fourth-order valence-corrected chi connectivity index (χ4v) is 6.62.